The van der Waals surface area contributed by atoms with Gasteiger partial charge in [-0.1, -0.05) is 32.0 Å². The fourth-order valence-electron chi connectivity index (χ4n) is 1.65. The molecular weight excluding hydrogens is 200 g/mol. The molecule has 3 heteroatoms. The first-order chi connectivity index (χ1) is 7.56. The molecule has 0 unspecified atom stereocenters. The topological polar surface area (TPSA) is 41.1 Å². The average molecular weight is 220 g/mol. The van der Waals surface area contributed by atoms with Crippen LogP contribution in [0.1, 0.15) is 32.3 Å². The Bertz CT molecular complexity index is 361. The molecule has 88 valence electrons. The second-order valence-electron chi connectivity index (χ2n) is 4.22. The minimum Gasteiger partial charge on any atom is -0.374 e. The van der Waals surface area contributed by atoms with Crippen molar-refractivity contribution in [2.45, 2.75) is 32.7 Å². The van der Waals surface area contributed by atoms with Crippen LogP contribution in [0.25, 0.3) is 0 Å². The van der Waals surface area contributed by atoms with Crippen molar-refractivity contribution in [1.29, 1.82) is 0 Å². The number of likely N-dealkylation sites (N-methyl/N-ethyl adjacent to an activating group) is 1. The first kappa shape index (κ1) is 12.6. The summed E-state index contributed by atoms with van der Waals surface area (Å²) < 4.78 is 0. The van der Waals surface area contributed by atoms with Gasteiger partial charge in [0.1, 0.15) is 6.04 Å². The number of hydrogen-bond acceptors (Lipinski definition) is 2. The quantitative estimate of drug-likeness (QED) is 0.818. The van der Waals surface area contributed by atoms with E-state index in [1.807, 2.05) is 25.1 Å². The van der Waals surface area contributed by atoms with Crippen LogP contribution in [-0.4, -0.2) is 19.0 Å². The molecule has 1 amide bonds. The van der Waals surface area contributed by atoms with Gasteiger partial charge in [0, 0.05) is 12.7 Å². The van der Waals surface area contributed by atoms with Crippen molar-refractivity contribution in [2.24, 2.45) is 0 Å². The maximum atomic E-state index is 11.4. The maximum absolute atomic E-state index is 11.4. The van der Waals surface area contributed by atoms with E-state index >= 15 is 0 Å². The Balaban J connectivity index is 2.84. The van der Waals surface area contributed by atoms with E-state index in [2.05, 4.69) is 30.5 Å². The zero-order chi connectivity index (χ0) is 12.1. The smallest absolute Gasteiger partial charge is 0.241 e. The van der Waals surface area contributed by atoms with Crippen LogP contribution in [0.3, 0.4) is 0 Å². The predicted molar refractivity (Wildman–Crippen MR) is 67.7 cm³/mol. The van der Waals surface area contributed by atoms with Crippen LogP contribution in [0, 0.1) is 0 Å². The summed E-state index contributed by atoms with van der Waals surface area (Å²) in [5.41, 5.74) is 2.27. The highest BCUT2D eigenvalue weighted by atomic mass is 16.2. The standard InChI is InChI=1S/C13H20N2O/c1-9(2)11-7-5-6-8-12(11)15-10(3)13(16)14-4/h5-10,15H,1-4H3,(H,14,16)/t10-/m1/s1. The first-order valence-corrected chi connectivity index (χ1v) is 5.63. The Morgan fingerprint density at radius 2 is 1.81 bits per heavy atom. The normalized spacial score (nSPS) is 12.3. The summed E-state index contributed by atoms with van der Waals surface area (Å²) in [5, 5.41) is 5.86. The fraction of sp³-hybridized carbons (Fsp3) is 0.462. The molecule has 3 nitrogen and oxygen atoms in total. The van der Waals surface area contributed by atoms with Gasteiger partial charge in [-0.25, -0.2) is 0 Å². The number of anilines is 1. The van der Waals surface area contributed by atoms with Gasteiger partial charge in [-0.2, -0.15) is 0 Å². The van der Waals surface area contributed by atoms with Crippen LogP contribution in [0.2, 0.25) is 0 Å². The molecule has 0 bridgehead atoms. The van der Waals surface area contributed by atoms with Crippen LogP contribution in [-0.2, 0) is 4.79 Å². The molecule has 1 atom stereocenters. The van der Waals surface area contributed by atoms with E-state index in [1.165, 1.54) is 5.56 Å². The van der Waals surface area contributed by atoms with E-state index in [9.17, 15) is 4.79 Å². The molecular formula is C13H20N2O. The summed E-state index contributed by atoms with van der Waals surface area (Å²) in [7, 11) is 1.65. The lowest BCUT2D eigenvalue weighted by Crippen LogP contribution is -2.35. The average Bonchev–Trinajstić information content (AvgIpc) is 2.28. The largest absolute Gasteiger partial charge is 0.374 e. The lowest BCUT2D eigenvalue weighted by molar-refractivity contribution is -0.121. The highest BCUT2D eigenvalue weighted by Crippen LogP contribution is 2.24. The minimum absolute atomic E-state index is 0.00133. The second kappa shape index (κ2) is 5.54. The van der Waals surface area contributed by atoms with Crippen molar-refractivity contribution in [3.05, 3.63) is 29.8 Å². The van der Waals surface area contributed by atoms with Crippen molar-refractivity contribution in [3.63, 3.8) is 0 Å². The second-order valence-corrected chi connectivity index (χ2v) is 4.22. The van der Waals surface area contributed by atoms with Gasteiger partial charge in [0.2, 0.25) is 5.91 Å². The number of rotatable bonds is 4. The number of amides is 1. The summed E-state index contributed by atoms with van der Waals surface area (Å²) in [5.74, 6) is 0.444. The van der Waals surface area contributed by atoms with E-state index in [-0.39, 0.29) is 11.9 Å². The summed E-state index contributed by atoms with van der Waals surface area (Å²) in [6.07, 6.45) is 0. The number of carbonyl (C=O) groups is 1. The predicted octanol–water partition coefficient (Wildman–Crippen LogP) is 2.36. The Morgan fingerprint density at radius 3 is 2.38 bits per heavy atom. The van der Waals surface area contributed by atoms with Crippen molar-refractivity contribution in [2.75, 3.05) is 12.4 Å². The number of benzene rings is 1. The zero-order valence-electron chi connectivity index (χ0n) is 10.4. The van der Waals surface area contributed by atoms with Gasteiger partial charge in [-0.3, -0.25) is 4.79 Å². The first-order valence-electron chi connectivity index (χ1n) is 5.63. The molecule has 0 aliphatic heterocycles. The fourth-order valence-corrected chi connectivity index (χ4v) is 1.65. The molecule has 0 aliphatic rings. The van der Waals surface area contributed by atoms with Gasteiger partial charge in [-0.05, 0) is 24.5 Å². The lowest BCUT2D eigenvalue weighted by atomic mass is 10.0. The SMILES string of the molecule is CNC(=O)[C@@H](C)Nc1ccccc1C(C)C. The van der Waals surface area contributed by atoms with Crippen LogP contribution in [0.4, 0.5) is 5.69 Å². The Kier molecular flexibility index (Phi) is 4.35. The van der Waals surface area contributed by atoms with E-state index in [0.717, 1.165) is 5.69 Å². The molecule has 0 aromatic heterocycles. The molecule has 0 spiro atoms. The molecule has 1 aromatic rings. The third kappa shape index (κ3) is 2.99. The summed E-state index contributed by atoms with van der Waals surface area (Å²) in [4.78, 5) is 11.4. The number of carbonyl (C=O) groups excluding carboxylic acids is 1. The Morgan fingerprint density at radius 1 is 1.19 bits per heavy atom. The van der Waals surface area contributed by atoms with Crippen LogP contribution < -0.4 is 10.6 Å². The van der Waals surface area contributed by atoms with Gasteiger partial charge in [-0.15, -0.1) is 0 Å². The van der Waals surface area contributed by atoms with Gasteiger partial charge in [0.15, 0.2) is 0 Å². The van der Waals surface area contributed by atoms with E-state index in [4.69, 9.17) is 0 Å². The van der Waals surface area contributed by atoms with Gasteiger partial charge in [0.05, 0.1) is 0 Å². The molecule has 16 heavy (non-hydrogen) atoms. The van der Waals surface area contributed by atoms with Gasteiger partial charge < -0.3 is 10.6 Å². The van der Waals surface area contributed by atoms with E-state index < -0.39 is 0 Å². The molecule has 0 heterocycles. The Hall–Kier alpha value is -1.51. The zero-order valence-corrected chi connectivity index (χ0v) is 10.4. The molecule has 0 radical (unpaired) electrons. The molecule has 1 aromatic carbocycles. The number of para-hydroxylation sites is 1. The summed E-state index contributed by atoms with van der Waals surface area (Å²) in [6.45, 7) is 6.14. The van der Waals surface area contributed by atoms with Gasteiger partial charge >= 0.3 is 0 Å². The minimum atomic E-state index is -0.218. The molecule has 1 rings (SSSR count). The van der Waals surface area contributed by atoms with Crippen LogP contribution in [0.15, 0.2) is 24.3 Å². The summed E-state index contributed by atoms with van der Waals surface area (Å²) >= 11 is 0. The lowest BCUT2D eigenvalue weighted by Gasteiger charge is -2.18. The highest BCUT2D eigenvalue weighted by molar-refractivity contribution is 5.84. The molecule has 0 saturated heterocycles. The monoisotopic (exact) mass is 220 g/mol. The van der Waals surface area contributed by atoms with Crippen molar-refractivity contribution < 1.29 is 4.79 Å². The van der Waals surface area contributed by atoms with Crippen molar-refractivity contribution >= 4 is 11.6 Å². The maximum Gasteiger partial charge on any atom is 0.241 e. The third-order valence-corrected chi connectivity index (χ3v) is 2.59. The summed E-state index contributed by atoms with van der Waals surface area (Å²) in [6, 6.07) is 7.87. The molecule has 2 N–H and O–H groups in total. The molecule has 0 saturated carbocycles. The molecule has 0 aliphatic carbocycles. The van der Waals surface area contributed by atoms with E-state index in [1.54, 1.807) is 7.05 Å². The third-order valence-electron chi connectivity index (χ3n) is 2.59. The Labute approximate surface area is 97.2 Å². The number of nitrogens with one attached hydrogen (secondary N) is 2. The molecule has 0 fully saturated rings. The van der Waals surface area contributed by atoms with Crippen molar-refractivity contribution in [3.8, 4) is 0 Å². The van der Waals surface area contributed by atoms with Crippen LogP contribution in [0.5, 0.6) is 0 Å². The van der Waals surface area contributed by atoms with Crippen molar-refractivity contribution in [1.82, 2.24) is 5.32 Å². The van der Waals surface area contributed by atoms with Crippen LogP contribution >= 0.6 is 0 Å². The highest BCUT2D eigenvalue weighted by Gasteiger charge is 2.13. The van der Waals surface area contributed by atoms with E-state index in [0.29, 0.717) is 5.92 Å². The number of hydrogen-bond donors (Lipinski definition) is 2. The van der Waals surface area contributed by atoms with Gasteiger partial charge in [0.25, 0.3) is 0 Å².